The fourth-order valence-corrected chi connectivity index (χ4v) is 2.62. The lowest BCUT2D eigenvalue weighted by Gasteiger charge is -2.20. The second-order valence-corrected chi connectivity index (χ2v) is 5.72. The Morgan fingerprint density at radius 3 is 2.81 bits per heavy atom. The predicted octanol–water partition coefficient (Wildman–Crippen LogP) is 3.27. The van der Waals surface area contributed by atoms with Crippen molar-refractivity contribution in [3.05, 3.63) is 30.1 Å². The third kappa shape index (κ3) is 3.43. The highest BCUT2D eigenvalue weighted by Crippen LogP contribution is 2.19. The van der Waals surface area contributed by atoms with E-state index in [1.54, 1.807) is 0 Å². The van der Waals surface area contributed by atoms with Crippen molar-refractivity contribution in [2.75, 3.05) is 7.05 Å². The SMILES string of the molecule is CCCc1nc2ccccc2n1CCCC(C)(C#N)NC. The Hall–Kier alpha value is -1.86. The van der Waals surface area contributed by atoms with Gasteiger partial charge in [-0.15, -0.1) is 0 Å². The molecule has 0 spiro atoms. The summed E-state index contributed by atoms with van der Waals surface area (Å²) >= 11 is 0. The minimum Gasteiger partial charge on any atom is -0.328 e. The van der Waals surface area contributed by atoms with Crippen LogP contribution in [0.3, 0.4) is 0 Å². The van der Waals surface area contributed by atoms with Gasteiger partial charge in [-0.1, -0.05) is 19.1 Å². The fraction of sp³-hybridized carbons (Fsp3) is 0.529. The maximum Gasteiger partial charge on any atom is 0.109 e. The first kappa shape index (κ1) is 15.5. The van der Waals surface area contributed by atoms with Gasteiger partial charge in [0.1, 0.15) is 11.4 Å². The maximum atomic E-state index is 9.22. The normalized spacial score (nSPS) is 14.0. The third-order valence-corrected chi connectivity index (χ3v) is 4.06. The van der Waals surface area contributed by atoms with Gasteiger partial charge in [0, 0.05) is 13.0 Å². The lowest BCUT2D eigenvalue weighted by Crippen LogP contribution is -2.38. The molecule has 1 aromatic carbocycles. The number of hydrogen-bond donors (Lipinski definition) is 1. The molecule has 1 unspecified atom stereocenters. The average molecular weight is 284 g/mol. The number of aromatic nitrogens is 2. The molecule has 0 saturated carbocycles. The Morgan fingerprint density at radius 1 is 1.38 bits per heavy atom. The number of nitrogens with one attached hydrogen (secondary N) is 1. The van der Waals surface area contributed by atoms with Crippen LogP contribution in [0.15, 0.2) is 24.3 Å². The van der Waals surface area contributed by atoms with E-state index in [-0.39, 0.29) is 0 Å². The van der Waals surface area contributed by atoms with Crippen molar-refractivity contribution in [1.29, 1.82) is 5.26 Å². The minimum atomic E-state index is -0.443. The van der Waals surface area contributed by atoms with Gasteiger partial charge in [-0.2, -0.15) is 5.26 Å². The van der Waals surface area contributed by atoms with Gasteiger partial charge < -0.3 is 9.88 Å². The van der Waals surface area contributed by atoms with Crippen LogP contribution in [0.2, 0.25) is 0 Å². The van der Waals surface area contributed by atoms with E-state index in [0.717, 1.165) is 43.6 Å². The van der Waals surface area contributed by atoms with Crippen molar-refractivity contribution in [2.24, 2.45) is 0 Å². The van der Waals surface area contributed by atoms with Gasteiger partial charge in [0.2, 0.25) is 0 Å². The summed E-state index contributed by atoms with van der Waals surface area (Å²) in [5.41, 5.74) is 1.82. The summed E-state index contributed by atoms with van der Waals surface area (Å²) in [6.07, 6.45) is 3.88. The summed E-state index contributed by atoms with van der Waals surface area (Å²) in [5, 5.41) is 12.3. The molecule has 1 aromatic heterocycles. The van der Waals surface area contributed by atoms with Crippen molar-refractivity contribution in [3.8, 4) is 6.07 Å². The average Bonchev–Trinajstić information content (AvgIpc) is 2.85. The number of para-hydroxylation sites is 2. The Morgan fingerprint density at radius 2 is 2.14 bits per heavy atom. The van der Waals surface area contributed by atoms with E-state index in [1.807, 2.05) is 20.0 Å². The second kappa shape index (κ2) is 6.73. The molecule has 0 bridgehead atoms. The molecule has 0 aliphatic rings. The zero-order valence-electron chi connectivity index (χ0n) is 13.2. The van der Waals surface area contributed by atoms with Gasteiger partial charge in [0.25, 0.3) is 0 Å². The second-order valence-electron chi connectivity index (χ2n) is 5.72. The van der Waals surface area contributed by atoms with Gasteiger partial charge in [-0.05, 0) is 45.4 Å². The Bertz CT molecular complexity index is 638. The number of hydrogen-bond acceptors (Lipinski definition) is 3. The number of rotatable bonds is 7. The van der Waals surface area contributed by atoms with Crippen LogP contribution in [0.5, 0.6) is 0 Å². The van der Waals surface area contributed by atoms with Gasteiger partial charge in [-0.3, -0.25) is 0 Å². The summed E-state index contributed by atoms with van der Waals surface area (Å²) in [5.74, 6) is 1.15. The van der Waals surface area contributed by atoms with Crippen molar-refractivity contribution >= 4 is 11.0 Å². The van der Waals surface area contributed by atoms with E-state index in [2.05, 4.69) is 41.1 Å². The maximum absolute atomic E-state index is 9.22. The summed E-state index contributed by atoms with van der Waals surface area (Å²) in [7, 11) is 1.85. The van der Waals surface area contributed by atoms with Crippen molar-refractivity contribution < 1.29 is 0 Å². The molecule has 1 atom stereocenters. The summed E-state index contributed by atoms with van der Waals surface area (Å²) in [4.78, 5) is 4.74. The van der Waals surface area contributed by atoms with Gasteiger partial charge in [0.15, 0.2) is 0 Å². The highest BCUT2D eigenvalue weighted by Gasteiger charge is 2.20. The molecular weight excluding hydrogens is 260 g/mol. The molecule has 0 radical (unpaired) electrons. The highest BCUT2D eigenvalue weighted by molar-refractivity contribution is 5.75. The minimum absolute atomic E-state index is 0.443. The van der Waals surface area contributed by atoms with E-state index in [1.165, 1.54) is 5.52 Å². The fourth-order valence-electron chi connectivity index (χ4n) is 2.62. The molecule has 112 valence electrons. The summed E-state index contributed by atoms with van der Waals surface area (Å²) < 4.78 is 2.31. The molecule has 4 heteroatoms. The number of aryl methyl sites for hydroxylation is 2. The van der Waals surface area contributed by atoms with Gasteiger partial charge in [-0.25, -0.2) is 4.98 Å². The molecule has 0 amide bonds. The first-order chi connectivity index (χ1) is 10.1. The van der Waals surface area contributed by atoms with Crippen LogP contribution in [-0.2, 0) is 13.0 Å². The van der Waals surface area contributed by atoms with Gasteiger partial charge >= 0.3 is 0 Å². The molecule has 0 aliphatic heterocycles. The molecule has 1 N–H and O–H groups in total. The van der Waals surface area contributed by atoms with Crippen LogP contribution in [0.1, 0.15) is 38.9 Å². The van der Waals surface area contributed by atoms with E-state index in [4.69, 9.17) is 4.98 Å². The topological polar surface area (TPSA) is 53.6 Å². The van der Waals surface area contributed by atoms with E-state index >= 15 is 0 Å². The number of nitriles is 1. The molecular formula is C17H24N4. The zero-order chi connectivity index (χ0) is 15.3. The van der Waals surface area contributed by atoms with Crippen molar-refractivity contribution in [3.63, 3.8) is 0 Å². The molecule has 2 aromatic rings. The monoisotopic (exact) mass is 284 g/mol. The number of imidazole rings is 1. The largest absolute Gasteiger partial charge is 0.328 e. The Labute approximate surface area is 126 Å². The van der Waals surface area contributed by atoms with Crippen LogP contribution in [0.4, 0.5) is 0 Å². The summed E-state index contributed by atoms with van der Waals surface area (Å²) in [6, 6.07) is 10.6. The molecule has 4 nitrogen and oxygen atoms in total. The quantitative estimate of drug-likeness (QED) is 0.849. The molecule has 0 fully saturated rings. The highest BCUT2D eigenvalue weighted by atomic mass is 15.1. The van der Waals surface area contributed by atoms with Crippen LogP contribution < -0.4 is 5.32 Å². The Balaban J connectivity index is 2.17. The molecule has 1 heterocycles. The Kier molecular flexibility index (Phi) is 4.98. The third-order valence-electron chi connectivity index (χ3n) is 4.06. The van der Waals surface area contributed by atoms with Gasteiger partial charge in [0.05, 0.1) is 17.1 Å². The van der Waals surface area contributed by atoms with Crippen LogP contribution in [0, 0.1) is 11.3 Å². The van der Waals surface area contributed by atoms with E-state index in [0.29, 0.717) is 0 Å². The van der Waals surface area contributed by atoms with Crippen LogP contribution in [-0.4, -0.2) is 22.1 Å². The lowest BCUT2D eigenvalue weighted by atomic mass is 9.98. The van der Waals surface area contributed by atoms with E-state index < -0.39 is 5.54 Å². The first-order valence-corrected chi connectivity index (χ1v) is 7.68. The predicted molar refractivity (Wildman–Crippen MR) is 86.0 cm³/mol. The molecule has 0 saturated heterocycles. The first-order valence-electron chi connectivity index (χ1n) is 7.68. The smallest absolute Gasteiger partial charge is 0.109 e. The number of benzene rings is 1. The van der Waals surface area contributed by atoms with E-state index in [9.17, 15) is 5.26 Å². The molecule has 0 aliphatic carbocycles. The lowest BCUT2D eigenvalue weighted by molar-refractivity contribution is 0.422. The zero-order valence-corrected chi connectivity index (χ0v) is 13.2. The molecule has 21 heavy (non-hydrogen) atoms. The van der Waals surface area contributed by atoms with Crippen LogP contribution >= 0.6 is 0 Å². The number of nitrogens with zero attached hydrogens (tertiary/aromatic N) is 3. The number of fused-ring (bicyclic) bond motifs is 1. The van der Waals surface area contributed by atoms with Crippen LogP contribution in [0.25, 0.3) is 11.0 Å². The van der Waals surface area contributed by atoms with Crippen molar-refractivity contribution in [1.82, 2.24) is 14.9 Å². The molecule has 2 rings (SSSR count). The summed E-state index contributed by atoms with van der Waals surface area (Å²) in [6.45, 7) is 5.04. The van der Waals surface area contributed by atoms with Crippen molar-refractivity contribution in [2.45, 2.75) is 51.6 Å². The standard InChI is InChI=1S/C17H24N4/c1-4-8-16-20-14-9-5-6-10-15(14)21(16)12-7-11-17(2,13-18)19-3/h5-6,9-10,19H,4,7-8,11-12H2,1-3H3.